The molecule has 0 unspecified atom stereocenters. The van der Waals surface area contributed by atoms with E-state index in [9.17, 15) is 14.7 Å². The van der Waals surface area contributed by atoms with Crippen LogP contribution in [0.1, 0.15) is 38.2 Å². The molecule has 0 aliphatic carbocycles. The second kappa shape index (κ2) is 12.3. The van der Waals surface area contributed by atoms with E-state index >= 15 is 0 Å². The van der Waals surface area contributed by atoms with Gasteiger partial charge in [-0.1, -0.05) is 67.6 Å². The van der Waals surface area contributed by atoms with Gasteiger partial charge in [0.1, 0.15) is 6.54 Å². The summed E-state index contributed by atoms with van der Waals surface area (Å²) >= 11 is 1.55. The predicted octanol–water partition coefficient (Wildman–Crippen LogP) is 4.86. The number of carbonyl (C=O) groups is 2. The van der Waals surface area contributed by atoms with Gasteiger partial charge in [0.2, 0.25) is 5.91 Å². The molecule has 0 saturated carbocycles. The summed E-state index contributed by atoms with van der Waals surface area (Å²) in [6, 6.07) is 17.8. The molecule has 6 nitrogen and oxygen atoms in total. The number of hydrogen-bond acceptors (Lipinski definition) is 4. The molecule has 0 atom stereocenters. The van der Waals surface area contributed by atoms with E-state index < -0.39 is 5.97 Å². The Bertz CT molecular complexity index is 1020. The lowest BCUT2D eigenvalue weighted by Gasteiger charge is -2.23. The average Bonchev–Trinajstić information content (AvgIpc) is 3.14. The number of amides is 1. The number of imidazole rings is 1. The number of benzene rings is 2. The van der Waals surface area contributed by atoms with Gasteiger partial charge in [-0.15, -0.1) is 0 Å². The number of carboxylic acid groups (broad SMARTS) is 1. The fraction of sp³-hybridized carbons (Fsp3) is 0.400. The highest BCUT2D eigenvalue weighted by atomic mass is 32.2. The van der Waals surface area contributed by atoms with Gasteiger partial charge >= 0.3 is 5.97 Å². The molecule has 0 bridgehead atoms. The molecule has 0 spiro atoms. The lowest BCUT2D eigenvalue weighted by Crippen LogP contribution is -2.34. The van der Waals surface area contributed by atoms with Crippen LogP contribution in [-0.4, -0.2) is 50.3 Å². The van der Waals surface area contributed by atoms with Crippen LogP contribution in [0.25, 0.3) is 11.0 Å². The van der Waals surface area contributed by atoms with Crippen molar-refractivity contribution in [1.29, 1.82) is 0 Å². The molecule has 1 heterocycles. The third-order valence-electron chi connectivity index (χ3n) is 5.33. The van der Waals surface area contributed by atoms with Gasteiger partial charge in [-0.2, -0.15) is 0 Å². The zero-order valence-corrected chi connectivity index (χ0v) is 19.4. The lowest BCUT2D eigenvalue weighted by atomic mass is 10.1. The first kappa shape index (κ1) is 23.9. The smallest absolute Gasteiger partial charge is 0.323 e. The maximum Gasteiger partial charge on any atom is 0.323 e. The van der Waals surface area contributed by atoms with E-state index in [0.29, 0.717) is 18.1 Å². The van der Waals surface area contributed by atoms with Crippen molar-refractivity contribution in [1.82, 2.24) is 14.5 Å². The minimum Gasteiger partial charge on any atom is -0.480 e. The highest BCUT2D eigenvalue weighted by molar-refractivity contribution is 7.99. The summed E-state index contributed by atoms with van der Waals surface area (Å²) in [5.74, 6) is 0.0979. The fourth-order valence-corrected chi connectivity index (χ4v) is 4.56. The molecule has 0 saturated heterocycles. The number of carboxylic acids is 1. The van der Waals surface area contributed by atoms with E-state index in [4.69, 9.17) is 0 Å². The number of para-hydroxylation sites is 2. The molecule has 3 rings (SSSR count). The minimum absolute atomic E-state index is 0.110. The largest absolute Gasteiger partial charge is 0.480 e. The van der Waals surface area contributed by atoms with Gasteiger partial charge < -0.3 is 14.6 Å². The number of hydrogen-bond donors (Lipinski definition) is 1. The van der Waals surface area contributed by atoms with Gasteiger partial charge in [-0.25, -0.2) is 4.98 Å². The Kier molecular flexibility index (Phi) is 9.16. The maximum atomic E-state index is 12.7. The van der Waals surface area contributed by atoms with Crippen molar-refractivity contribution in [3.8, 4) is 0 Å². The van der Waals surface area contributed by atoms with Crippen LogP contribution in [0.3, 0.4) is 0 Å². The van der Waals surface area contributed by atoms with E-state index in [1.54, 1.807) is 16.3 Å². The maximum absolute atomic E-state index is 12.7. The van der Waals surface area contributed by atoms with Crippen molar-refractivity contribution >= 4 is 34.7 Å². The molecule has 0 aliphatic heterocycles. The van der Waals surface area contributed by atoms with E-state index in [-0.39, 0.29) is 12.5 Å². The summed E-state index contributed by atoms with van der Waals surface area (Å²) in [7, 11) is 0. The van der Waals surface area contributed by atoms with Gasteiger partial charge in [-0.05, 0) is 37.0 Å². The number of aliphatic carboxylic acids is 1. The van der Waals surface area contributed by atoms with Crippen molar-refractivity contribution < 1.29 is 14.7 Å². The van der Waals surface area contributed by atoms with E-state index in [1.807, 2.05) is 47.4 Å². The Balaban J connectivity index is 1.59. The Morgan fingerprint density at radius 1 is 1.03 bits per heavy atom. The first-order valence-electron chi connectivity index (χ1n) is 11.2. The summed E-state index contributed by atoms with van der Waals surface area (Å²) < 4.78 is 1.75. The molecule has 170 valence electrons. The first-order valence-corrected chi connectivity index (χ1v) is 12.2. The van der Waals surface area contributed by atoms with Crippen molar-refractivity contribution in [3.63, 3.8) is 0 Å². The normalized spacial score (nSPS) is 11.0. The zero-order valence-electron chi connectivity index (χ0n) is 18.6. The molecule has 2 aromatic carbocycles. The van der Waals surface area contributed by atoms with Gasteiger partial charge in [0.05, 0.1) is 11.0 Å². The topological polar surface area (TPSA) is 75.4 Å². The van der Waals surface area contributed by atoms with Crippen LogP contribution in [0.4, 0.5) is 0 Å². The fourth-order valence-electron chi connectivity index (χ4n) is 3.63. The highest BCUT2D eigenvalue weighted by Crippen LogP contribution is 2.24. The van der Waals surface area contributed by atoms with E-state index in [2.05, 4.69) is 24.0 Å². The molecule has 7 heteroatoms. The molecule has 0 radical (unpaired) electrons. The molecular weight excluding hydrogens is 422 g/mol. The van der Waals surface area contributed by atoms with Crippen LogP contribution in [-0.2, 0) is 22.6 Å². The van der Waals surface area contributed by atoms with Crippen LogP contribution >= 0.6 is 11.8 Å². The number of rotatable bonds is 13. The quantitative estimate of drug-likeness (QED) is 0.295. The monoisotopic (exact) mass is 453 g/mol. The number of aromatic nitrogens is 2. The number of unbranched alkanes of at least 4 members (excludes halogenated alkanes) is 1. The molecule has 1 aromatic heterocycles. The van der Waals surface area contributed by atoms with Crippen LogP contribution < -0.4 is 0 Å². The summed E-state index contributed by atoms with van der Waals surface area (Å²) in [5.41, 5.74) is 2.87. The standard InChI is InChI=1S/C25H31N3O3S/c1-2-3-14-23(29)27(17-15-20-10-5-4-6-11-20)16-9-18-32-25-26-21-12-7-8-13-22(21)28(25)19-24(30)31/h4-8,10-13H,2-3,9,14-19H2,1H3,(H,30,31). The second-order valence-electron chi connectivity index (χ2n) is 7.78. The summed E-state index contributed by atoms with van der Waals surface area (Å²) in [4.78, 5) is 30.6. The second-order valence-corrected chi connectivity index (χ2v) is 8.85. The summed E-state index contributed by atoms with van der Waals surface area (Å²) in [6.07, 6.45) is 4.18. The molecule has 1 N–H and O–H groups in total. The number of fused-ring (bicyclic) bond motifs is 1. The Morgan fingerprint density at radius 2 is 1.78 bits per heavy atom. The third-order valence-corrected chi connectivity index (χ3v) is 6.39. The van der Waals surface area contributed by atoms with Gasteiger partial charge in [0.25, 0.3) is 0 Å². The van der Waals surface area contributed by atoms with Crippen molar-refractivity contribution in [2.75, 3.05) is 18.8 Å². The van der Waals surface area contributed by atoms with E-state index in [1.165, 1.54) is 5.56 Å². The van der Waals surface area contributed by atoms with Gasteiger partial charge in [0.15, 0.2) is 5.16 Å². The summed E-state index contributed by atoms with van der Waals surface area (Å²) in [5, 5.41) is 10.0. The van der Waals surface area contributed by atoms with Crippen molar-refractivity contribution in [2.45, 2.75) is 50.7 Å². The molecule has 0 fully saturated rings. The predicted molar refractivity (Wildman–Crippen MR) is 129 cm³/mol. The van der Waals surface area contributed by atoms with Crippen LogP contribution in [0.15, 0.2) is 59.8 Å². The van der Waals surface area contributed by atoms with Crippen LogP contribution in [0, 0.1) is 0 Å². The Morgan fingerprint density at radius 3 is 2.53 bits per heavy atom. The van der Waals surface area contributed by atoms with Crippen molar-refractivity contribution in [2.24, 2.45) is 0 Å². The molecule has 3 aromatic rings. The third kappa shape index (κ3) is 6.85. The van der Waals surface area contributed by atoms with Crippen LogP contribution in [0.2, 0.25) is 0 Å². The Labute approximate surface area is 193 Å². The molecule has 1 amide bonds. The average molecular weight is 454 g/mol. The molecular formula is C25H31N3O3S. The SMILES string of the molecule is CCCCC(=O)N(CCCSc1nc2ccccc2n1CC(=O)O)CCc1ccccc1. The van der Waals surface area contributed by atoms with Gasteiger partial charge in [0, 0.05) is 25.3 Å². The van der Waals surface area contributed by atoms with Gasteiger partial charge in [-0.3, -0.25) is 9.59 Å². The van der Waals surface area contributed by atoms with Crippen molar-refractivity contribution in [3.05, 3.63) is 60.2 Å². The first-order chi connectivity index (χ1) is 15.6. The number of carbonyl (C=O) groups excluding carboxylic acids is 1. The lowest BCUT2D eigenvalue weighted by molar-refractivity contribution is -0.137. The van der Waals surface area contributed by atoms with Crippen LogP contribution in [0.5, 0.6) is 0 Å². The summed E-state index contributed by atoms with van der Waals surface area (Å²) in [6.45, 7) is 3.40. The zero-order chi connectivity index (χ0) is 22.8. The van der Waals surface area contributed by atoms with E-state index in [0.717, 1.165) is 49.0 Å². The highest BCUT2D eigenvalue weighted by Gasteiger charge is 2.15. The number of thioether (sulfide) groups is 1. The molecule has 0 aliphatic rings. The number of nitrogens with zero attached hydrogens (tertiary/aromatic N) is 3. The molecule has 32 heavy (non-hydrogen) atoms. The Hall–Kier alpha value is -2.80. The minimum atomic E-state index is -0.886.